The predicted octanol–water partition coefficient (Wildman–Crippen LogP) is 2.07. The average molecular weight is 309 g/mol. The largest absolute Gasteiger partial charge is 0.464 e. The van der Waals surface area contributed by atoms with E-state index in [1.807, 2.05) is 24.3 Å². The molecule has 1 N–H and O–H groups in total. The molecule has 1 atom stereocenters. The molecule has 0 spiro atoms. The molecule has 5 nitrogen and oxygen atoms in total. The zero-order chi connectivity index (χ0) is 14.7. The second-order valence-electron chi connectivity index (χ2n) is 5.37. The molecule has 1 aliphatic rings. The van der Waals surface area contributed by atoms with Crippen molar-refractivity contribution in [3.05, 3.63) is 36.1 Å². The van der Waals surface area contributed by atoms with Gasteiger partial charge in [0.1, 0.15) is 5.58 Å². The van der Waals surface area contributed by atoms with Crippen LogP contribution in [0.3, 0.4) is 0 Å². The van der Waals surface area contributed by atoms with Gasteiger partial charge in [0.05, 0.1) is 18.1 Å². The molecule has 1 aromatic carbocycles. The fraction of sp³-hybridized carbons (Fsp3) is 0.467. The highest BCUT2D eigenvalue weighted by Gasteiger charge is 2.22. The SMILES string of the molecule is O=S(=O)(CCCc1ccc2occc2c1)OC1CCNC1. The van der Waals surface area contributed by atoms with Crippen molar-refractivity contribution in [1.29, 1.82) is 0 Å². The van der Waals surface area contributed by atoms with Crippen LogP contribution in [0.4, 0.5) is 0 Å². The standard InChI is InChI=1S/C15H19NO4S/c17-21(18,20-14-5-7-16-11-14)9-1-2-12-3-4-15-13(10-12)6-8-19-15/h3-4,6,8,10,14,16H,1-2,5,7,9,11H2. The molecule has 0 bridgehead atoms. The molecule has 0 amide bonds. The van der Waals surface area contributed by atoms with Crippen LogP contribution in [-0.4, -0.2) is 33.4 Å². The molecule has 1 aliphatic heterocycles. The van der Waals surface area contributed by atoms with E-state index in [1.165, 1.54) is 0 Å². The van der Waals surface area contributed by atoms with Gasteiger partial charge >= 0.3 is 0 Å². The summed E-state index contributed by atoms with van der Waals surface area (Å²) in [5, 5.41) is 4.14. The molecule has 0 saturated carbocycles. The van der Waals surface area contributed by atoms with Gasteiger partial charge in [0.25, 0.3) is 10.1 Å². The summed E-state index contributed by atoms with van der Waals surface area (Å²) < 4.78 is 34.2. The molecule has 1 unspecified atom stereocenters. The molecular weight excluding hydrogens is 290 g/mol. The van der Waals surface area contributed by atoms with Crippen LogP contribution in [0.25, 0.3) is 11.0 Å². The predicted molar refractivity (Wildman–Crippen MR) is 80.7 cm³/mol. The zero-order valence-electron chi connectivity index (χ0n) is 11.7. The maximum Gasteiger partial charge on any atom is 0.267 e. The van der Waals surface area contributed by atoms with Gasteiger partial charge in [-0.05, 0) is 49.6 Å². The maximum atomic E-state index is 11.9. The van der Waals surface area contributed by atoms with Crippen molar-refractivity contribution in [2.75, 3.05) is 18.8 Å². The number of rotatable bonds is 6. The summed E-state index contributed by atoms with van der Waals surface area (Å²) in [4.78, 5) is 0. The van der Waals surface area contributed by atoms with Crippen LogP contribution in [-0.2, 0) is 20.7 Å². The van der Waals surface area contributed by atoms with Gasteiger partial charge in [0.15, 0.2) is 0 Å². The van der Waals surface area contributed by atoms with Crippen LogP contribution >= 0.6 is 0 Å². The molecule has 1 aromatic heterocycles. The van der Waals surface area contributed by atoms with Gasteiger partial charge in [-0.15, -0.1) is 0 Å². The first-order chi connectivity index (χ1) is 10.1. The second kappa shape index (κ2) is 6.17. The molecule has 0 aliphatic carbocycles. The van der Waals surface area contributed by atoms with Crippen molar-refractivity contribution < 1.29 is 17.0 Å². The van der Waals surface area contributed by atoms with E-state index in [0.717, 1.165) is 29.5 Å². The number of fused-ring (bicyclic) bond motifs is 1. The van der Waals surface area contributed by atoms with E-state index in [4.69, 9.17) is 8.60 Å². The summed E-state index contributed by atoms with van der Waals surface area (Å²) in [5.41, 5.74) is 1.96. The van der Waals surface area contributed by atoms with Crippen molar-refractivity contribution >= 4 is 21.1 Å². The molecule has 0 radical (unpaired) electrons. The molecule has 1 fully saturated rings. The Hall–Kier alpha value is -1.37. The highest BCUT2D eigenvalue weighted by molar-refractivity contribution is 7.86. The van der Waals surface area contributed by atoms with E-state index in [0.29, 0.717) is 19.4 Å². The monoisotopic (exact) mass is 309 g/mol. The number of benzene rings is 1. The summed E-state index contributed by atoms with van der Waals surface area (Å²) in [6.07, 6.45) is 3.49. The molecule has 114 valence electrons. The lowest BCUT2D eigenvalue weighted by Gasteiger charge is -2.10. The Bertz CT molecular complexity index is 701. The highest BCUT2D eigenvalue weighted by Crippen LogP contribution is 2.18. The molecule has 1 saturated heterocycles. The van der Waals surface area contributed by atoms with E-state index in [2.05, 4.69) is 5.32 Å². The van der Waals surface area contributed by atoms with Gasteiger partial charge in [0, 0.05) is 11.9 Å². The van der Waals surface area contributed by atoms with Crippen molar-refractivity contribution in [1.82, 2.24) is 5.32 Å². The molecule has 2 heterocycles. The number of furan rings is 1. The minimum Gasteiger partial charge on any atom is -0.464 e. The summed E-state index contributed by atoms with van der Waals surface area (Å²) in [6, 6.07) is 7.83. The molecule has 3 rings (SSSR count). The summed E-state index contributed by atoms with van der Waals surface area (Å²) in [7, 11) is -3.43. The van der Waals surface area contributed by atoms with E-state index in [-0.39, 0.29) is 11.9 Å². The second-order valence-corrected chi connectivity index (χ2v) is 7.09. The van der Waals surface area contributed by atoms with Gasteiger partial charge < -0.3 is 9.73 Å². The van der Waals surface area contributed by atoms with Gasteiger partial charge in [-0.2, -0.15) is 8.42 Å². The van der Waals surface area contributed by atoms with Crippen molar-refractivity contribution in [2.45, 2.75) is 25.4 Å². The zero-order valence-corrected chi connectivity index (χ0v) is 12.6. The minimum absolute atomic E-state index is 0.0624. The van der Waals surface area contributed by atoms with Crippen molar-refractivity contribution in [2.24, 2.45) is 0 Å². The Balaban J connectivity index is 1.52. The van der Waals surface area contributed by atoms with Crippen molar-refractivity contribution in [3.8, 4) is 0 Å². The van der Waals surface area contributed by atoms with Gasteiger partial charge in [-0.3, -0.25) is 4.18 Å². The Labute approximate surface area is 124 Å². The Morgan fingerprint density at radius 1 is 1.33 bits per heavy atom. The first-order valence-electron chi connectivity index (χ1n) is 7.20. The summed E-state index contributed by atoms with van der Waals surface area (Å²) in [5.74, 6) is 0.0624. The fourth-order valence-electron chi connectivity index (χ4n) is 2.59. The normalized spacial score (nSPS) is 19.3. The fourth-order valence-corrected chi connectivity index (χ4v) is 3.76. The Morgan fingerprint density at radius 3 is 3.05 bits per heavy atom. The molecule has 6 heteroatoms. The first-order valence-corrected chi connectivity index (χ1v) is 8.78. The lowest BCUT2D eigenvalue weighted by Crippen LogP contribution is -2.23. The first kappa shape index (κ1) is 14.6. The van der Waals surface area contributed by atoms with E-state index < -0.39 is 10.1 Å². The smallest absolute Gasteiger partial charge is 0.267 e. The summed E-state index contributed by atoms with van der Waals surface area (Å²) >= 11 is 0. The topological polar surface area (TPSA) is 68.5 Å². The van der Waals surface area contributed by atoms with E-state index in [1.54, 1.807) is 6.26 Å². The van der Waals surface area contributed by atoms with Crippen LogP contribution in [0.1, 0.15) is 18.4 Å². The third-order valence-electron chi connectivity index (χ3n) is 3.67. The lowest BCUT2D eigenvalue weighted by atomic mass is 10.1. The van der Waals surface area contributed by atoms with Crippen molar-refractivity contribution in [3.63, 3.8) is 0 Å². The third-order valence-corrected chi connectivity index (χ3v) is 5.03. The Kier molecular flexibility index (Phi) is 4.28. The minimum atomic E-state index is -3.43. The van der Waals surface area contributed by atoms with Gasteiger partial charge in [-0.1, -0.05) is 6.07 Å². The molecular formula is C15H19NO4S. The third kappa shape index (κ3) is 3.84. The number of hydrogen-bond donors (Lipinski definition) is 1. The lowest BCUT2D eigenvalue weighted by molar-refractivity contribution is 0.230. The molecule has 2 aromatic rings. The van der Waals surface area contributed by atoms with Crippen LogP contribution in [0.5, 0.6) is 0 Å². The van der Waals surface area contributed by atoms with Crippen LogP contribution < -0.4 is 5.32 Å². The van der Waals surface area contributed by atoms with E-state index in [9.17, 15) is 8.42 Å². The van der Waals surface area contributed by atoms with Crippen LogP contribution in [0.2, 0.25) is 0 Å². The maximum absolute atomic E-state index is 11.9. The molecule has 21 heavy (non-hydrogen) atoms. The summed E-state index contributed by atoms with van der Waals surface area (Å²) in [6.45, 7) is 1.45. The quantitative estimate of drug-likeness (QED) is 0.827. The number of hydrogen-bond acceptors (Lipinski definition) is 5. The number of nitrogens with one attached hydrogen (secondary N) is 1. The van der Waals surface area contributed by atoms with Crippen LogP contribution in [0.15, 0.2) is 34.9 Å². The Morgan fingerprint density at radius 2 is 2.24 bits per heavy atom. The number of aryl methyl sites for hydroxylation is 1. The van der Waals surface area contributed by atoms with E-state index >= 15 is 0 Å². The highest BCUT2D eigenvalue weighted by atomic mass is 32.2. The average Bonchev–Trinajstić information content (AvgIpc) is 3.08. The van der Waals surface area contributed by atoms with Gasteiger partial charge in [0.2, 0.25) is 0 Å². The van der Waals surface area contributed by atoms with Crippen LogP contribution in [0, 0.1) is 0 Å². The van der Waals surface area contributed by atoms with Gasteiger partial charge in [-0.25, -0.2) is 0 Å².